The van der Waals surface area contributed by atoms with Crippen molar-refractivity contribution in [1.29, 1.82) is 0 Å². The van der Waals surface area contributed by atoms with E-state index in [2.05, 4.69) is 17.6 Å². The number of nitrogens with one attached hydrogen (secondary N) is 2. The van der Waals surface area contributed by atoms with E-state index in [0.29, 0.717) is 18.5 Å². The number of phenolic OH excluding ortho intramolecular Hbond substituents is 1. The maximum absolute atomic E-state index is 14.1. The number of carbonyl (C=O) groups excluding carboxylic acids is 3. The Hall–Kier alpha value is -2.77. The quantitative estimate of drug-likeness (QED) is 0.307. The van der Waals surface area contributed by atoms with Crippen molar-refractivity contribution < 1.29 is 24.2 Å². The van der Waals surface area contributed by atoms with E-state index >= 15 is 0 Å². The van der Waals surface area contributed by atoms with Crippen molar-refractivity contribution in [3.8, 4) is 5.75 Å². The van der Waals surface area contributed by atoms with Crippen molar-refractivity contribution >= 4 is 17.9 Å². The van der Waals surface area contributed by atoms with E-state index in [1.54, 1.807) is 37.8 Å². The summed E-state index contributed by atoms with van der Waals surface area (Å²) in [5.41, 5.74) is -0.748. The molecule has 0 spiro atoms. The monoisotopic (exact) mass is 519 g/mol. The van der Waals surface area contributed by atoms with E-state index in [4.69, 9.17) is 4.74 Å². The van der Waals surface area contributed by atoms with Gasteiger partial charge in [0.2, 0.25) is 11.8 Å². The lowest BCUT2D eigenvalue weighted by molar-refractivity contribution is -0.144. The van der Waals surface area contributed by atoms with Crippen molar-refractivity contribution in [2.45, 2.75) is 118 Å². The number of aromatic hydroxyl groups is 1. The van der Waals surface area contributed by atoms with Crippen molar-refractivity contribution in [2.75, 3.05) is 6.54 Å². The Morgan fingerprint density at radius 3 is 2.14 bits per heavy atom. The Kier molecular flexibility index (Phi) is 12.4. The number of hydrogen-bond donors (Lipinski definition) is 3. The van der Waals surface area contributed by atoms with Gasteiger partial charge >= 0.3 is 6.09 Å². The van der Waals surface area contributed by atoms with Crippen LogP contribution in [-0.2, 0) is 14.3 Å². The average molecular weight is 520 g/mol. The van der Waals surface area contributed by atoms with Gasteiger partial charge in [0.1, 0.15) is 23.4 Å². The highest BCUT2D eigenvalue weighted by molar-refractivity contribution is 5.92. The summed E-state index contributed by atoms with van der Waals surface area (Å²) in [6.45, 7) is 17.1. The molecule has 0 fully saturated rings. The fourth-order valence-electron chi connectivity index (χ4n) is 3.98. The lowest BCUT2D eigenvalue weighted by Gasteiger charge is -2.37. The standard InChI is InChI=1S/C29H49N3O5/c1-10-11-12-13-14-18-32(26(35)23(20(2)3)30-27(36)37-29(7,8)9)24(25(34)31-28(4,5)6)21-16-15-17-22(33)19-21/h15-17,19-20,23-24,33H,10-14,18H2,1-9H3,(H,30,36)(H,31,34). The van der Waals surface area contributed by atoms with Crippen molar-refractivity contribution in [3.63, 3.8) is 0 Å². The SMILES string of the molecule is CCCCCCCN(C(=O)C(NC(=O)OC(C)(C)C)C(C)C)C(C(=O)NC(C)(C)C)c1cccc(O)c1. The van der Waals surface area contributed by atoms with Crippen molar-refractivity contribution in [3.05, 3.63) is 29.8 Å². The van der Waals surface area contributed by atoms with Gasteiger partial charge in [0, 0.05) is 12.1 Å². The molecule has 0 aliphatic heterocycles. The Morgan fingerprint density at radius 1 is 1.00 bits per heavy atom. The molecule has 1 aromatic carbocycles. The van der Waals surface area contributed by atoms with Gasteiger partial charge in [-0.25, -0.2) is 4.79 Å². The van der Waals surface area contributed by atoms with Gasteiger partial charge in [-0.15, -0.1) is 0 Å². The normalized spacial score (nSPS) is 13.6. The second-order valence-electron chi connectivity index (χ2n) is 12.1. The number of phenols is 1. The van der Waals surface area contributed by atoms with Crippen LogP contribution in [0.25, 0.3) is 0 Å². The lowest BCUT2D eigenvalue weighted by Crippen LogP contribution is -2.56. The van der Waals surface area contributed by atoms with Crippen LogP contribution in [0.5, 0.6) is 5.75 Å². The maximum Gasteiger partial charge on any atom is 0.408 e. The summed E-state index contributed by atoms with van der Waals surface area (Å²) in [7, 11) is 0. The Labute approximate surface area is 223 Å². The third kappa shape index (κ3) is 11.9. The molecule has 3 amide bonds. The molecule has 210 valence electrons. The van der Waals surface area contributed by atoms with Gasteiger partial charge in [0.25, 0.3) is 0 Å². The van der Waals surface area contributed by atoms with Crippen molar-refractivity contribution in [1.82, 2.24) is 15.5 Å². The first-order valence-corrected chi connectivity index (χ1v) is 13.5. The number of amides is 3. The number of rotatable bonds is 12. The molecule has 0 saturated carbocycles. The zero-order valence-corrected chi connectivity index (χ0v) is 24.3. The van der Waals surface area contributed by atoms with Gasteiger partial charge in [-0.05, 0) is 71.6 Å². The molecular weight excluding hydrogens is 470 g/mol. The summed E-state index contributed by atoms with van der Waals surface area (Å²) >= 11 is 0. The third-order valence-corrected chi connectivity index (χ3v) is 5.63. The maximum atomic E-state index is 14.1. The summed E-state index contributed by atoms with van der Waals surface area (Å²) in [6, 6.07) is 4.55. The van der Waals surface area contributed by atoms with Gasteiger partial charge in [0.05, 0.1) is 0 Å². The topological polar surface area (TPSA) is 108 Å². The van der Waals surface area contributed by atoms with Crippen LogP contribution in [0.2, 0.25) is 0 Å². The summed E-state index contributed by atoms with van der Waals surface area (Å²) in [6.07, 6.45) is 4.17. The van der Waals surface area contributed by atoms with E-state index < -0.39 is 29.3 Å². The molecule has 2 atom stereocenters. The van der Waals surface area contributed by atoms with E-state index in [9.17, 15) is 19.5 Å². The van der Waals surface area contributed by atoms with Gasteiger partial charge in [-0.1, -0.05) is 58.6 Å². The minimum atomic E-state index is -0.980. The summed E-state index contributed by atoms with van der Waals surface area (Å²) in [5, 5.41) is 15.9. The van der Waals surface area contributed by atoms with Crippen LogP contribution >= 0.6 is 0 Å². The van der Waals surface area contributed by atoms with Gasteiger partial charge in [-0.2, -0.15) is 0 Å². The van der Waals surface area contributed by atoms with Crippen LogP contribution in [0.15, 0.2) is 24.3 Å². The van der Waals surface area contributed by atoms with E-state index in [0.717, 1.165) is 25.7 Å². The van der Waals surface area contributed by atoms with E-state index in [1.807, 2.05) is 34.6 Å². The molecule has 0 heterocycles. The number of benzene rings is 1. The van der Waals surface area contributed by atoms with Gasteiger partial charge < -0.3 is 25.4 Å². The Bertz CT molecular complexity index is 886. The zero-order chi connectivity index (χ0) is 28.4. The number of carbonyl (C=O) groups is 3. The van der Waals surface area contributed by atoms with Gasteiger partial charge in [0.15, 0.2) is 0 Å². The van der Waals surface area contributed by atoms with E-state index in [-0.39, 0.29) is 23.5 Å². The average Bonchev–Trinajstić information content (AvgIpc) is 2.73. The minimum absolute atomic E-state index is 0.00805. The van der Waals surface area contributed by atoms with Crippen LogP contribution in [0, 0.1) is 5.92 Å². The molecule has 0 aliphatic carbocycles. The predicted octanol–water partition coefficient (Wildman–Crippen LogP) is 5.70. The lowest BCUT2D eigenvalue weighted by atomic mass is 9.97. The predicted molar refractivity (Wildman–Crippen MR) is 147 cm³/mol. The molecule has 1 rings (SSSR count). The first-order chi connectivity index (χ1) is 17.1. The summed E-state index contributed by atoms with van der Waals surface area (Å²) in [5.74, 6) is -0.958. The Morgan fingerprint density at radius 2 is 1.62 bits per heavy atom. The number of hydrogen-bond acceptors (Lipinski definition) is 5. The van der Waals surface area contributed by atoms with Gasteiger partial charge in [-0.3, -0.25) is 9.59 Å². The number of nitrogens with zero attached hydrogens (tertiary/aromatic N) is 1. The van der Waals surface area contributed by atoms with Crippen LogP contribution in [0.1, 0.15) is 106 Å². The highest BCUT2D eigenvalue weighted by atomic mass is 16.6. The molecule has 8 heteroatoms. The molecule has 0 aliphatic rings. The van der Waals surface area contributed by atoms with Crippen LogP contribution in [0.3, 0.4) is 0 Å². The molecule has 0 radical (unpaired) electrons. The highest BCUT2D eigenvalue weighted by Gasteiger charge is 2.38. The minimum Gasteiger partial charge on any atom is -0.508 e. The van der Waals surface area contributed by atoms with Crippen LogP contribution in [0.4, 0.5) is 4.79 Å². The molecule has 3 N–H and O–H groups in total. The second-order valence-corrected chi connectivity index (χ2v) is 12.1. The fourth-order valence-corrected chi connectivity index (χ4v) is 3.98. The third-order valence-electron chi connectivity index (χ3n) is 5.63. The van der Waals surface area contributed by atoms with Crippen LogP contribution < -0.4 is 10.6 Å². The second kappa shape index (κ2) is 14.2. The summed E-state index contributed by atoms with van der Waals surface area (Å²) in [4.78, 5) is 41.9. The number of ether oxygens (including phenoxy) is 1. The van der Waals surface area contributed by atoms with Crippen LogP contribution in [-0.4, -0.2) is 51.6 Å². The number of unbranched alkanes of at least 4 members (excludes halogenated alkanes) is 4. The Balaban J connectivity index is 3.47. The molecule has 8 nitrogen and oxygen atoms in total. The van der Waals surface area contributed by atoms with Crippen molar-refractivity contribution in [2.24, 2.45) is 5.92 Å². The smallest absolute Gasteiger partial charge is 0.408 e. The highest BCUT2D eigenvalue weighted by Crippen LogP contribution is 2.28. The molecule has 1 aromatic rings. The number of alkyl carbamates (subject to hydrolysis) is 1. The van der Waals surface area contributed by atoms with E-state index in [1.165, 1.54) is 12.1 Å². The first-order valence-electron chi connectivity index (χ1n) is 13.5. The summed E-state index contributed by atoms with van der Waals surface area (Å²) < 4.78 is 5.41. The fraction of sp³-hybridized carbons (Fsp3) is 0.690. The first kappa shape index (κ1) is 32.3. The molecule has 0 bridgehead atoms. The largest absolute Gasteiger partial charge is 0.508 e. The molecule has 0 aromatic heterocycles. The zero-order valence-electron chi connectivity index (χ0n) is 24.3. The molecule has 0 saturated heterocycles. The molecule has 37 heavy (non-hydrogen) atoms. The molecule has 2 unspecified atom stereocenters. The molecular formula is C29H49N3O5.